The normalized spacial score (nSPS) is 15.4. The van der Waals surface area contributed by atoms with Crippen LogP contribution in [0.4, 0.5) is 0 Å². The molecule has 172 valence electrons. The lowest BCUT2D eigenvalue weighted by molar-refractivity contribution is -0.136. The Morgan fingerprint density at radius 1 is 1.29 bits per heavy atom. The van der Waals surface area contributed by atoms with Crippen LogP contribution in [0.15, 0.2) is 69.6 Å². The number of esters is 1. The van der Waals surface area contributed by atoms with E-state index in [1.165, 1.54) is 18.4 Å². The highest BCUT2D eigenvalue weighted by Gasteiger charge is 2.33. The fourth-order valence-electron chi connectivity index (χ4n) is 3.84. The predicted molar refractivity (Wildman–Crippen MR) is 133 cm³/mol. The lowest BCUT2D eigenvalue weighted by atomic mass is 9.95. The van der Waals surface area contributed by atoms with E-state index in [1.54, 1.807) is 28.8 Å². The molecule has 2 heterocycles. The highest BCUT2D eigenvalue weighted by Crippen LogP contribution is 2.31. The van der Waals surface area contributed by atoms with E-state index in [9.17, 15) is 9.59 Å². The van der Waals surface area contributed by atoms with Crippen LogP contribution in [-0.4, -0.2) is 24.3 Å². The number of allylic oxidation sites excluding steroid dienone is 1. The number of methoxy groups -OCH3 is 1. The number of benzene rings is 2. The summed E-state index contributed by atoms with van der Waals surface area (Å²) < 4.78 is 12.7. The van der Waals surface area contributed by atoms with Crippen molar-refractivity contribution in [1.82, 2.24) is 4.57 Å². The van der Waals surface area contributed by atoms with Crippen molar-refractivity contribution >= 4 is 35.0 Å². The fraction of sp³-hybridized carbons (Fsp3) is 0.192. The predicted octanol–water partition coefficient (Wildman–Crippen LogP) is 3.46. The summed E-state index contributed by atoms with van der Waals surface area (Å²) in [5, 5.41) is 0.496. The highest BCUT2D eigenvalue weighted by molar-refractivity contribution is 7.07. The summed E-state index contributed by atoms with van der Waals surface area (Å²) >= 11 is 7.43. The third-order valence-corrected chi connectivity index (χ3v) is 6.55. The van der Waals surface area contributed by atoms with Gasteiger partial charge in [-0.2, -0.15) is 0 Å². The molecule has 0 saturated carbocycles. The zero-order chi connectivity index (χ0) is 24.2. The van der Waals surface area contributed by atoms with Gasteiger partial charge < -0.3 is 9.47 Å². The number of fused-ring (bicyclic) bond motifs is 1. The summed E-state index contributed by atoms with van der Waals surface area (Å²) in [6, 6.07) is 13.8. The number of ether oxygens (including phenoxy) is 2. The molecule has 8 heteroatoms. The largest absolute Gasteiger partial charge is 0.480 e. The third kappa shape index (κ3) is 4.43. The van der Waals surface area contributed by atoms with Crippen LogP contribution in [0, 0.1) is 12.3 Å². The zero-order valence-electron chi connectivity index (χ0n) is 18.6. The van der Waals surface area contributed by atoms with Crippen LogP contribution in [0.25, 0.3) is 6.08 Å². The molecule has 34 heavy (non-hydrogen) atoms. The number of hydrogen-bond acceptors (Lipinski definition) is 6. The molecule has 0 amide bonds. The Balaban J connectivity index is 1.98. The van der Waals surface area contributed by atoms with Gasteiger partial charge in [-0.1, -0.05) is 66.1 Å². The Hall–Kier alpha value is -3.60. The second-order valence-corrected chi connectivity index (χ2v) is 8.82. The summed E-state index contributed by atoms with van der Waals surface area (Å²) in [7, 11) is 1.33. The second-order valence-electron chi connectivity index (χ2n) is 7.37. The standard InChI is InChI=1S/C26H21ClN2O4S/c1-4-13-33-20-12-11-18(27)14-17(20)15-21-24(30)29-23(16-9-7-6-8-10-16)22(25(31)32-3)19(5-2)28-26(29)34-21/h1,6-12,14-15,23H,5,13H2,2-3H3/b21-15+/t23-/m1/s1. The van der Waals surface area contributed by atoms with Crippen LogP contribution in [0.5, 0.6) is 5.75 Å². The Bertz CT molecular complexity index is 1500. The van der Waals surface area contributed by atoms with Gasteiger partial charge in [0.15, 0.2) is 4.80 Å². The van der Waals surface area contributed by atoms with Crippen molar-refractivity contribution in [2.24, 2.45) is 4.99 Å². The number of halogens is 1. The first kappa shape index (κ1) is 23.6. The summed E-state index contributed by atoms with van der Waals surface area (Å²) in [6.07, 6.45) is 7.54. The van der Waals surface area contributed by atoms with E-state index in [-0.39, 0.29) is 12.2 Å². The van der Waals surface area contributed by atoms with Gasteiger partial charge in [0.25, 0.3) is 5.56 Å². The molecular weight excluding hydrogens is 472 g/mol. The molecule has 1 aromatic heterocycles. The molecule has 2 aromatic carbocycles. The molecule has 4 rings (SSSR count). The lowest BCUT2D eigenvalue weighted by Gasteiger charge is -2.25. The maximum Gasteiger partial charge on any atom is 0.338 e. The average Bonchev–Trinajstić information content (AvgIpc) is 3.17. The van der Waals surface area contributed by atoms with Crippen LogP contribution in [0.1, 0.15) is 30.5 Å². The number of nitrogens with zero attached hydrogens (tertiary/aromatic N) is 2. The summed E-state index contributed by atoms with van der Waals surface area (Å²) in [4.78, 5) is 31.6. The van der Waals surface area contributed by atoms with Gasteiger partial charge in [-0.05, 0) is 36.3 Å². The van der Waals surface area contributed by atoms with E-state index in [2.05, 4.69) is 10.9 Å². The summed E-state index contributed by atoms with van der Waals surface area (Å²) in [5.74, 6) is 2.43. The Labute approximate surface area is 205 Å². The molecule has 0 aliphatic carbocycles. The zero-order valence-corrected chi connectivity index (χ0v) is 20.2. The molecule has 0 unspecified atom stereocenters. The number of thiazole rings is 1. The first-order valence-electron chi connectivity index (χ1n) is 10.5. The highest BCUT2D eigenvalue weighted by atomic mass is 35.5. The summed E-state index contributed by atoms with van der Waals surface area (Å²) in [6.45, 7) is 2.00. The van der Waals surface area contributed by atoms with Gasteiger partial charge >= 0.3 is 5.97 Å². The molecule has 1 atom stereocenters. The van der Waals surface area contributed by atoms with Gasteiger partial charge in [0.1, 0.15) is 12.4 Å². The van der Waals surface area contributed by atoms with Crippen molar-refractivity contribution in [1.29, 1.82) is 0 Å². The number of carbonyl (C=O) groups is 1. The van der Waals surface area contributed by atoms with E-state index in [0.717, 1.165) is 5.56 Å². The molecule has 1 aliphatic heterocycles. The van der Waals surface area contributed by atoms with Crippen LogP contribution in [0.3, 0.4) is 0 Å². The number of carbonyl (C=O) groups excluding carboxylic acids is 1. The average molecular weight is 493 g/mol. The van der Waals surface area contributed by atoms with E-state index < -0.39 is 12.0 Å². The Kier molecular flexibility index (Phi) is 7.01. The van der Waals surface area contributed by atoms with Crippen molar-refractivity contribution in [3.8, 4) is 18.1 Å². The van der Waals surface area contributed by atoms with Gasteiger partial charge in [-0.3, -0.25) is 9.36 Å². The number of aromatic nitrogens is 1. The van der Waals surface area contributed by atoms with Crippen molar-refractivity contribution in [3.05, 3.63) is 95.6 Å². The van der Waals surface area contributed by atoms with Crippen molar-refractivity contribution < 1.29 is 14.3 Å². The van der Waals surface area contributed by atoms with Gasteiger partial charge in [-0.15, -0.1) is 6.42 Å². The van der Waals surface area contributed by atoms with Gasteiger partial charge in [0, 0.05) is 10.6 Å². The first-order chi connectivity index (χ1) is 16.5. The fourth-order valence-corrected chi connectivity index (χ4v) is 5.03. The van der Waals surface area contributed by atoms with E-state index in [1.807, 2.05) is 37.3 Å². The van der Waals surface area contributed by atoms with Crippen LogP contribution < -0.4 is 19.6 Å². The van der Waals surface area contributed by atoms with Crippen LogP contribution >= 0.6 is 22.9 Å². The molecule has 3 aromatic rings. The molecule has 6 nitrogen and oxygen atoms in total. The minimum atomic E-state index is -0.654. The summed E-state index contributed by atoms with van der Waals surface area (Å²) in [5.41, 5.74) is 2.08. The smallest absolute Gasteiger partial charge is 0.338 e. The van der Waals surface area contributed by atoms with Gasteiger partial charge in [-0.25, -0.2) is 9.79 Å². The maximum atomic E-state index is 13.7. The van der Waals surface area contributed by atoms with E-state index in [0.29, 0.717) is 43.4 Å². The maximum absolute atomic E-state index is 13.7. The van der Waals surface area contributed by atoms with Gasteiger partial charge in [0.2, 0.25) is 0 Å². The van der Waals surface area contributed by atoms with Crippen LogP contribution in [0.2, 0.25) is 5.02 Å². The molecular formula is C26H21ClN2O4S. The molecule has 0 N–H and O–H groups in total. The molecule has 0 spiro atoms. The topological polar surface area (TPSA) is 69.9 Å². The van der Waals surface area contributed by atoms with E-state index in [4.69, 9.17) is 27.5 Å². The van der Waals surface area contributed by atoms with Crippen molar-refractivity contribution in [2.75, 3.05) is 13.7 Å². The minimum absolute atomic E-state index is 0.0834. The van der Waals surface area contributed by atoms with Crippen molar-refractivity contribution in [3.63, 3.8) is 0 Å². The van der Waals surface area contributed by atoms with E-state index >= 15 is 0 Å². The Morgan fingerprint density at radius 2 is 2.06 bits per heavy atom. The molecule has 0 radical (unpaired) electrons. The lowest BCUT2D eigenvalue weighted by Crippen LogP contribution is -2.40. The van der Waals surface area contributed by atoms with Gasteiger partial charge in [0.05, 0.1) is 29.0 Å². The number of terminal acetylenes is 1. The van der Waals surface area contributed by atoms with Crippen LogP contribution in [-0.2, 0) is 9.53 Å². The Morgan fingerprint density at radius 3 is 2.74 bits per heavy atom. The SMILES string of the molecule is C#CCOc1ccc(Cl)cc1/C=c1/sc2n(c1=O)[C@H](c1ccccc1)C(C(=O)OC)=C(CC)N=2. The minimum Gasteiger partial charge on any atom is -0.480 e. The molecule has 0 bridgehead atoms. The monoisotopic (exact) mass is 492 g/mol. The number of rotatable bonds is 6. The van der Waals surface area contributed by atoms with Crippen molar-refractivity contribution in [2.45, 2.75) is 19.4 Å². The molecule has 1 aliphatic rings. The second kappa shape index (κ2) is 10.1. The number of hydrogen-bond donors (Lipinski definition) is 0. The quantitative estimate of drug-likeness (QED) is 0.390. The molecule has 0 saturated heterocycles. The molecule has 0 fully saturated rings. The third-order valence-electron chi connectivity index (χ3n) is 5.33. The first-order valence-corrected chi connectivity index (χ1v) is 11.7.